The summed E-state index contributed by atoms with van der Waals surface area (Å²) in [7, 11) is 0. The minimum atomic E-state index is 0.0365. The molecule has 2 aromatic rings. The Balaban J connectivity index is 1.49. The van der Waals surface area contributed by atoms with E-state index in [1.54, 1.807) is 11.8 Å². The van der Waals surface area contributed by atoms with Crippen LogP contribution in [0.1, 0.15) is 0 Å². The van der Waals surface area contributed by atoms with Crippen LogP contribution >= 0.6 is 23.4 Å². The molecule has 0 saturated carbocycles. The molecule has 25 heavy (non-hydrogen) atoms. The Morgan fingerprint density at radius 1 is 1.12 bits per heavy atom. The van der Waals surface area contributed by atoms with Gasteiger partial charge >= 0.3 is 0 Å². The van der Waals surface area contributed by atoms with Crippen molar-refractivity contribution in [1.82, 2.24) is 4.90 Å². The summed E-state index contributed by atoms with van der Waals surface area (Å²) in [5.41, 5.74) is 2.00. The number of benzene rings is 2. The second kappa shape index (κ2) is 8.61. The van der Waals surface area contributed by atoms with Crippen molar-refractivity contribution < 1.29 is 4.79 Å². The van der Waals surface area contributed by atoms with Crippen LogP contribution in [0.15, 0.2) is 53.4 Å². The first kappa shape index (κ1) is 18.1. The summed E-state index contributed by atoms with van der Waals surface area (Å²) in [6, 6.07) is 15.8. The number of piperazine rings is 1. The minimum Gasteiger partial charge on any atom is -0.369 e. The third-order valence-electron chi connectivity index (χ3n) is 4.27. The standard InChI is InChI=1S/C19H22ClN3OS/c1-25-18-7-3-5-16(13-18)21-19(24)14-22-8-10-23(11-9-22)17-6-2-4-15(20)12-17/h2-7,12-13H,8-11,14H2,1H3,(H,21,24). The highest BCUT2D eigenvalue weighted by Gasteiger charge is 2.19. The molecule has 2 aromatic carbocycles. The number of amides is 1. The molecule has 0 aromatic heterocycles. The van der Waals surface area contributed by atoms with Crippen LogP contribution in [0.5, 0.6) is 0 Å². The molecule has 0 unspecified atom stereocenters. The predicted molar refractivity (Wildman–Crippen MR) is 107 cm³/mol. The predicted octanol–water partition coefficient (Wildman–Crippen LogP) is 3.82. The van der Waals surface area contributed by atoms with E-state index in [1.807, 2.05) is 48.7 Å². The van der Waals surface area contributed by atoms with Crippen LogP contribution < -0.4 is 10.2 Å². The lowest BCUT2D eigenvalue weighted by atomic mass is 10.2. The topological polar surface area (TPSA) is 35.6 Å². The van der Waals surface area contributed by atoms with E-state index in [1.165, 1.54) is 0 Å². The van der Waals surface area contributed by atoms with Gasteiger partial charge in [-0.1, -0.05) is 23.7 Å². The lowest BCUT2D eigenvalue weighted by Gasteiger charge is -2.35. The highest BCUT2D eigenvalue weighted by atomic mass is 35.5. The molecule has 3 rings (SSSR count). The summed E-state index contributed by atoms with van der Waals surface area (Å²) in [4.78, 5) is 17.9. The largest absolute Gasteiger partial charge is 0.369 e. The van der Waals surface area contributed by atoms with Gasteiger partial charge in [0.05, 0.1) is 6.54 Å². The van der Waals surface area contributed by atoms with Crippen LogP contribution in [-0.2, 0) is 4.79 Å². The summed E-state index contributed by atoms with van der Waals surface area (Å²) in [6.07, 6.45) is 2.03. The van der Waals surface area contributed by atoms with Crippen molar-refractivity contribution in [2.45, 2.75) is 4.90 Å². The Morgan fingerprint density at radius 2 is 1.88 bits per heavy atom. The molecule has 0 atom stereocenters. The normalized spacial score (nSPS) is 15.2. The Bertz CT molecular complexity index is 732. The Kier molecular flexibility index (Phi) is 6.24. The molecule has 0 spiro atoms. The van der Waals surface area contributed by atoms with Gasteiger partial charge in [0.25, 0.3) is 0 Å². The van der Waals surface area contributed by atoms with E-state index in [2.05, 4.69) is 21.2 Å². The molecule has 1 N–H and O–H groups in total. The van der Waals surface area contributed by atoms with Crippen LogP contribution in [0.25, 0.3) is 0 Å². The summed E-state index contributed by atoms with van der Waals surface area (Å²) >= 11 is 7.74. The highest BCUT2D eigenvalue weighted by Crippen LogP contribution is 2.21. The quantitative estimate of drug-likeness (QED) is 0.806. The summed E-state index contributed by atoms with van der Waals surface area (Å²) in [6.45, 7) is 3.95. The lowest BCUT2D eigenvalue weighted by molar-refractivity contribution is -0.117. The van der Waals surface area contributed by atoms with E-state index >= 15 is 0 Å². The van der Waals surface area contributed by atoms with Crippen LogP contribution in [-0.4, -0.2) is 49.8 Å². The van der Waals surface area contributed by atoms with Crippen molar-refractivity contribution in [2.75, 3.05) is 49.2 Å². The van der Waals surface area contributed by atoms with E-state index < -0.39 is 0 Å². The number of nitrogens with one attached hydrogen (secondary N) is 1. The molecule has 132 valence electrons. The number of halogens is 1. The zero-order valence-electron chi connectivity index (χ0n) is 14.2. The molecule has 0 aliphatic carbocycles. The molecule has 4 nitrogen and oxygen atoms in total. The highest BCUT2D eigenvalue weighted by molar-refractivity contribution is 7.98. The van der Waals surface area contributed by atoms with Gasteiger partial charge in [-0.25, -0.2) is 0 Å². The monoisotopic (exact) mass is 375 g/mol. The zero-order chi connectivity index (χ0) is 17.6. The maximum Gasteiger partial charge on any atom is 0.238 e. The summed E-state index contributed by atoms with van der Waals surface area (Å²) in [5, 5.41) is 3.75. The molecule has 6 heteroatoms. The average molecular weight is 376 g/mol. The zero-order valence-corrected chi connectivity index (χ0v) is 15.8. The third kappa shape index (κ3) is 5.14. The average Bonchev–Trinajstić information content (AvgIpc) is 2.62. The molecule has 0 radical (unpaired) electrons. The number of hydrogen-bond donors (Lipinski definition) is 1. The molecule has 1 aliphatic rings. The molecule has 1 amide bonds. The van der Waals surface area contributed by atoms with Crippen LogP contribution in [0, 0.1) is 0 Å². The smallest absolute Gasteiger partial charge is 0.238 e. The van der Waals surface area contributed by atoms with Gasteiger partial charge < -0.3 is 10.2 Å². The van der Waals surface area contributed by atoms with Crippen molar-refractivity contribution >= 4 is 40.6 Å². The second-order valence-corrected chi connectivity index (χ2v) is 7.34. The van der Waals surface area contributed by atoms with Gasteiger partial charge in [0.1, 0.15) is 0 Å². The molecule has 1 heterocycles. The van der Waals surface area contributed by atoms with Crippen molar-refractivity contribution in [3.63, 3.8) is 0 Å². The van der Waals surface area contributed by atoms with Crippen molar-refractivity contribution in [3.05, 3.63) is 53.6 Å². The molecule has 1 saturated heterocycles. The number of anilines is 2. The van der Waals surface area contributed by atoms with Gasteiger partial charge in [-0.3, -0.25) is 9.69 Å². The summed E-state index contributed by atoms with van der Waals surface area (Å²) in [5.74, 6) is 0.0365. The third-order valence-corrected chi connectivity index (χ3v) is 5.23. The fourth-order valence-electron chi connectivity index (χ4n) is 2.94. The van der Waals surface area contributed by atoms with Crippen molar-refractivity contribution in [1.29, 1.82) is 0 Å². The molecular formula is C19H22ClN3OS. The second-order valence-electron chi connectivity index (χ2n) is 6.02. The number of carbonyl (C=O) groups excluding carboxylic acids is 1. The Hall–Kier alpha value is -1.69. The van der Waals surface area contributed by atoms with Gasteiger partial charge in [0, 0.05) is 47.5 Å². The first-order valence-corrected chi connectivity index (χ1v) is 9.91. The number of thioether (sulfide) groups is 1. The number of hydrogen-bond acceptors (Lipinski definition) is 4. The van der Waals surface area contributed by atoms with Crippen LogP contribution in [0.2, 0.25) is 5.02 Å². The van der Waals surface area contributed by atoms with E-state index in [4.69, 9.17) is 11.6 Å². The molecule has 0 bridgehead atoms. The maximum atomic E-state index is 12.3. The summed E-state index contributed by atoms with van der Waals surface area (Å²) < 4.78 is 0. The van der Waals surface area contributed by atoms with E-state index in [-0.39, 0.29) is 5.91 Å². The van der Waals surface area contributed by atoms with E-state index in [0.29, 0.717) is 6.54 Å². The lowest BCUT2D eigenvalue weighted by Crippen LogP contribution is -2.48. The van der Waals surface area contributed by atoms with Gasteiger partial charge in [-0.05, 0) is 42.7 Å². The molecular weight excluding hydrogens is 354 g/mol. The van der Waals surface area contributed by atoms with Gasteiger partial charge in [0.15, 0.2) is 0 Å². The molecule has 1 aliphatic heterocycles. The molecule has 1 fully saturated rings. The first-order chi connectivity index (χ1) is 12.1. The van der Waals surface area contributed by atoms with E-state index in [0.717, 1.165) is 47.5 Å². The van der Waals surface area contributed by atoms with Crippen LogP contribution in [0.3, 0.4) is 0 Å². The SMILES string of the molecule is CSc1cccc(NC(=O)CN2CCN(c3cccc(Cl)c3)CC2)c1. The first-order valence-electron chi connectivity index (χ1n) is 8.31. The Labute approximate surface area is 158 Å². The number of rotatable bonds is 5. The minimum absolute atomic E-state index is 0.0365. The number of nitrogens with zero attached hydrogens (tertiary/aromatic N) is 2. The van der Waals surface area contributed by atoms with Gasteiger partial charge in [-0.2, -0.15) is 0 Å². The van der Waals surface area contributed by atoms with Crippen molar-refractivity contribution in [2.24, 2.45) is 0 Å². The van der Waals surface area contributed by atoms with E-state index in [9.17, 15) is 4.79 Å². The van der Waals surface area contributed by atoms with Crippen molar-refractivity contribution in [3.8, 4) is 0 Å². The Morgan fingerprint density at radius 3 is 2.60 bits per heavy atom. The fraction of sp³-hybridized carbons (Fsp3) is 0.316. The maximum absolute atomic E-state index is 12.3. The van der Waals surface area contributed by atoms with Gasteiger partial charge in [-0.15, -0.1) is 11.8 Å². The number of carbonyl (C=O) groups is 1. The fourth-order valence-corrected chi connectivity index (χ4v) is 3.59. The van der Waals surface area contributed by atoms with Crippen LogP contribution in [0.4, 0.5) is 11.4 Å². The van der Waals surface area contributed by atoms with Gasteiger partial charge in [0.2, 0.25) is 5.91 Å².